The van der Waals surface area contributed by atoms with Crippen LogP contribution in [0.2, 0.25) is 0 Å². The Bertz CT molecular complexity index is 918. The molecule has 1 aliphatic heterocycles. The molecular weight excluding hydrogens is 370 g/mol. The maximum absolute atomic E-state index is 12.8. The summed E-state index contributed by atoms with van der Waals surface area (Å²) in [5.74, 6) is -0.914. The fourth-order valence-electron chi connectivity index (χ4n) is 3.30. The van der Waals surface area contributed by atoms with Gasteiger partial charge < -0.3 is 19.5 Å². The Kier molecular flexibility index (Phi) is 6.46. The maximum atomic E-state index is 12.8. The van der Waals surface area contributed by atoms with Crippen LogP contribution in [-0.4, -0.2) is 48.6 Å². The predicted octanol–water partition coefficient (Wildman–Crippen LogP) is 3.32. The monoisotopic (exact) mass is 393 g/mol. The molecule has 6 heteroatoms. The number of rotatable bonds is 8. The molecule has 0 aromatic heterocycles. The molecule has 2 aromatic carbocycles. The number of hydrogen-bond donors (Lipinski definition) is 1. The van der Waals surface area contributed by atoms with Gasteiger partial charge in [-0.2, -0.15) is 0 Å². The lowest BCUT2D eigenvalue weighted by atomic mass is 9.95. The lowest BCUT2D eigenvalue weighted by Crippen LogP contribution is -2.32. The third-order valence-electron chi connectivity index (χ3n) is 4.69. The van der Waals surface area contributed by atoms with Gasteiger partial charge in [0.2, 0.25) is 0 Å². The molecule has 2 aromatic rings. The minimum Gasteiger partial charge on any atom is -0.507 e. The molecule has 0 spiro atoms. The summed E-state index contributed by atoms with van der Waals surface area (Å²) in [6, 6.07) is 15.1. The van der Waals surface area contributed by atoms with E-state index in [-0.39, 0.29) is 24.5 Å². The summed E-state index contributed by atoms with van der Waals surface area (Å²) in [6.45, 7) is 4.49. The summed E-state index contributed by atoms with van der Waals surface area (Å²) in [4.78, 5) is 26.9. The Hall–Kier alpha value is -3.38. The Balaban J connectivity index is 2.06. The first kappa shape index (κ1) is 20.4. The minimum absolute atomic E-state index is 0.0667. The summed E-state index contributed by atoms with van der Waals surface area (Å²) >= 11 is 0. The van der Waals surface area contributed by atoms with Crippen LogP contribution in [-0.2, 0) is 14.3 Å². The highest BCUT2D eigenvalue weighted by atomic mass is 16.5. The van der Waals surface area contributed by atoms with Crippen molar-refractivity contribution in [3.63, 3.8) is 0 Å². The summed E-state index contributed by atoms with van der Waals surface area (Å²) in [5, 5.41) is 10.9. The van der Waals surface area contributed by atoms with Crippen LogP contribution in [0.25, 0.3) is 5.76 Å². The predicted molar refractivity (Wildman–Crippen MR) is 109 cm³/mol. The van der Waals surface area contributed by atoms with Gasteiger partial charge in [0.15, 0.2) is 0 Å². The van der Waals surface area contributed by atoms with Gasteiger partial charge in [0.1, 0.15) is 18.1 Å². The summed E-state index contributed by atoms with van der Waals surface area (Å²) < 4.78 is 10.6. The molecule has 1 aliphatic rings. The van der Waals surface area contributed by atoms with E-state index in [1.54, 1.807) is 54.6 Å². The van der Waals surface area contributed by atoms with E-state index in [4.69, 9.17) is 9.47 Å². The number of aliphatic hydroxyl groups excluding tert-OH is 1. The first-order chi connectivity index (χ1) is 14.1. The number of amides is 1. The van der Waals surface area contributed by atoms with Gasteiger partial charge in [0, 0.05) is 19.2 Å². The number of nitrogens with zero attached hydrogens (tertiary/aromatic N) is 1. The van der Waals surface area contributed by atoms with Crippen LogP contribution < -0.4 is 4.74 Å². The average molecular weight is 393 g/mol. The minimum atomic E-state index is -0.709. The van der Waals surface area contributed by atoms with Gasteiger partial charge in [0.05, 0.1) is 18.2 Å². The molecule has 0 unspecified atom stereocenters. The van der Waals surface area contributed by atoms with Crippen molar-refractivity contribution in [2.45, 2.75) is 6.04 Å². The van der Waals surface area contributed by atoms with Gasteiger partial charge in [-0.1, -0.05) is 55.1 Å². The number of benzene rings is 2. The summed E-state index contributed by atoms with van der Waals surface area (Å²) in [5.41, 5.74) is 1.24. The largest absolute Gasteiger partial charge is 0.507 e. The number of ketones is 1. The van der Waals surface area contributed by atoms with Crippen molar-refractivity contribution < 1.29 is 24.2 Å². The van der Waals surface area contributed by atoms with Crippen molar-refractivity contribution in [3.8, 4) is 5.75 Å². The van der Waals surface area contributed by atoms with E-state index in [1.165, 1.54) is 12.0 Å². The van der Waals surface area contributed by atoms with E-state index >= 15 is 0 Å². The molecule has 29 heavy (non-hydrogen) atoms. The molecule has 1 N–H and O–H groups in total. The number of aliphatic hydroxyl groups is 1. The van der Waals surface area contributed by atoms with Crippen molar-refractivity contribution in [3.05, 3.63) is 84.0 Å². The average Bonchev–Trinajstić information content (AvgIpc) is 3.01. The van der Waals surface area contributed by atoms with Crippen molar-refractivity contribution in [1.82, 2.24) is 4.90 Å². The second-order valence-corrected chi connectivity index (χ2v) is 6.52. The number of carbonyl (C=O) groups excluding carboxylic acids is 2. The molecule has 1 saturated heterocycles. The topological polar surface area (TPSA) is 76.1 Å². The standard InChI is InChI=1S/C23H23NO5/c1-3-14-29-18-11-9-16(10-12-18)20-19(21(25)17-7-5-4-6-8-17)22(26)23(27)24(20)13-15-28-2/h3-12,20,25H,1,13-15H2,2H3/t20-/m0/s1. The highest BCUT2D eigenvalue weighted by molar-refractivity contribution is 6.46. The van der Waals surface area contributed by atoms with Gasteiger partial charge in [-0.15, -0.1) is 0 Å². The van der Waals surface area contributed by atoms with Crippen LogP contribution in [0.5, 0.6) is 5.75 Å². The van der Waals surface area contributed by atoms with Gasteiger partial charge >= 0.3 is 0 Å². The normalized spacial score (nSPS) is 18.1. The fraction of sp³-hybridized carbons (Fsp3) is 0.217. The zero-order valence-electron chi connectivity index (χ0n) is 16.2. The number of methoxy groups -OCH3 is 1. The zero-order chi connectivity index (χ0) is 20.8. The first-order valence-electron chi connectivity index (χ1n) is 9.25. The van der Waals surface area contributed by atoms with E-state index in [2.05, 4.69) is 6.58 Å². The Morgan fingerprint density at radius 3 is 2.45 bits per heavy atom. The molecule has 1 heterocycles. The van der Waals surface area contributed by atoms with Gasteiger partial charge in [-0.25, -0.2) is 0 Å². The quantitative estimate of drug-likeness (QED) is 0.322. The molecule has 1 fully saturated rings. The summed E-state index contributed by atoms with van der Waals surface area (Å²) in [6.07, 6.45) is 1.65. The van der Waals surface area contributed by atoms with E-state index < -0.39 is 17.7 Å². The highest BCUT2D eigenvalue weighted by Gasteiger charge is 2.45. The zero-order valence-corrected chi connectivity index (χ0v) is 16.2. The molecule has 1 atom stereocenters. The smallest absolute Gasteiger partial charge is 0.295 e. The van der Waals surface area contributed by atoms with Crippen molar-refractivity contribution in [2.75, 3.05) is 26.9 Å². The molecular formula is C23H23NO5. The Morgan fingerprint density at radius 1 is 1.14 bits per heavy atom. The SMILES string of the molecule is C=CCOc1ccc([C@H]2C(=C(O)c3ccccc3)C(=O)C(=O)N2CCOC)cc1. The third-order valence-corrected chi connectivity index (χ3v) is 4.69. The highest BCUT2D eigenvalue weighted by Crippen LogP contribution is 2.39. The van der Waals surface area contributed by atoms with Crippen LogP contribution in [0.4, 0.5) is 0 Å². The number of hydrogen-bond acceptors (Lipinski definition) is 5. The van der Waals surface area contributed by atoms with Crippen molar-refractivity contribution in [1.29, 1.82) is 0 Å². The molecule has 0 radical (unpaired) electrons. The molecule has 0 aliphatic carbocycles. The van der Waals surface area contributed by atoms with Crippen LogP contribution >= 0.6 is 0 Å². The first-order valence-corrected chi connectivity index (χ1v) is 9.25. The molecule has 0 saturated carbocycles. The maximum Gasteiger partial charge on any atom is 0.295 e. The Labute approximate surface area is 169 Å². The number of likely N-dealkylation sites (tertiary alicyclic amines) is 1. The molecule has 0 bridgehead atoms. The number of Topliss-reactive ketones (excluding diaryl/α,β-unsaturated/α-hetero) is 1. The molecule has 1 amide bonds. The third kappa shape index (κ3) is 4.22. The van der Waals surface area contributed by atoms with Crippen LogP contribution in [0.15, 0.2) is 72.8 Å². The fourth-order valence-corrected chi connectivity index (χ4v) is 3.30. The van der Waals surface area contributed by atoms with E-state index in [0.717, 1.165) is 0 Å². The van der Waals surface area contributed by atoms with Crippen molar-refractivity contribution in [2.24, 2.45) is 0 Å². The number of ether oxygens (including phenoxy) is 2. The second kappa shape index (κ2) is 9.21. The van der Waals surface area contributed by atoms with Gasteiger partial charge in [0.25, 0.3) is 11.7 Å². The van der Waals surface area contributed by atoms with E-state index in [9.17, 15) is 14.7 Å². The molecule has 6 nitrogen and oxygen atoms in total. The van der Waals surface area contributed by atoms with E-state index in [0.29, 0.717) is 23.5 Å². The Morgan fingerprint density at radius 2 is 1.83 bits per heavy atom. The van der Waals surface area contributed by atoms with Crippen LogP contribution in [0, 0.1) is 0 Å². The van der Waals surface area contributed by atoms with Gasteiger partial charge in [-0.05, 0) is 17.7 Å². The molecule has 150 valence electrons. The second-order valence-electron chi connectivity index (χ2n) is 6.52. The lowest BCUT2D eigenvalue weighted by Gasteiger charge is -2.25. The van der Waals surface area contributed by atoms with Crippen molar-refractivity contribution >= 4 is 17.4 Å². The van der Waals surface area contributed by atoms with E-state index in [1.807, 2.05) is 6.07 Å². The van der Waals surface area contributed by atoms with Crippen LogP contribution in [0.1, 0.15) is 17.2 Å². The lowest BCUT2D eigenvalue weighted by molar-refractivity contribution is -0.140. The van der Waals surface area contributed by atoms with Crippen LogP contribution in [0.3, 0.4) is 0 Å². The summed E-state index contributed by atoms with van der Waals surface area (Å²) in [7, 11) is 1.53. The van der Waals surface area contributed by atoms with Gasteiger partial charge in [-0.3, -0.25) is 9.59 Å². The molecule has 3 rings (SSSR count). The number of carbonyl (C=O) groups is 2.